The summed E-state index contributed by atoms with van der Waals surface area (Å²) < 4.78 is 4.62. The summed E-state index contributed by atoms with van der Waals surface area (Å²) in [6.45, 7) is 1.25. The molecule has 2 aromatic rings. The fourth-order valence-electron chi connectivity index (χ4n) is 3.96. The van der Waals surface area contributed by atoms with Crippen LogP contribution in [0.4, 0.5) is 9.93 Å². The first-order valence-electron chi connectivity index (χ1n) is 8.79. The molecule has 2 aromatic heterocycles. The van der Waals surface area contributed by atoms with Crippen molar-refractivity contribution in [1.82, 2.24) is 9.88 Å². The summed E-state index contributed by atoms with van der Waals surface area (Å²) in [5, 5.41) is 5.22. The van der Waals surface area contributed by atoms with Crippen LogP contribution in [0, 0.1) is 0 Å². The fourth-order valence-corrected chi connectivity index (χ4v) is 5.95. The molecule has 8 heteroatoms. The number of ether oxygens (including phenoxy) is 1. The molecule has 0 atom stereocenters. The van der Waals surface area contributed by atoms with Crippen molar-refractivity contribution >= 4 is 39.8 Å². The number of nitrogens with one attached hydrogen (secondary N) is 1. The van der Waals surface area contributed by atoms with Gasteiger partial charge in [-0.3, -0.25) is 10.1 Å². The molecule has 0 unspecified atom stereocenters. The number of aromatic nitrogens is 1. The standard InChI is InChI=1S/C18H21N3O3S2/c1-24-17(23)20-16-19-12-6-9-21(11-13(12)26-16)15(22)18(7-2-3-8-18)14-5-4-10-25-14/h4-5,10H,2-3,6-9,11H2,1H3,(H,19,20,23). The third-order valence-electron chi connectivity index (χ3n) is 5.27. The number of amides is 2. The van der Waals surface area contributed by atoms with Crippen LogP contribution in [0.1, 0.15) is 41.1 Å². The van der Waals surface area contributed by atoms with Crippen LogP contribution in [0.2, 0.25) is 0 Å². The van der Waals surface area contributed by atoms with Crippen molar-refractivity contribution < 1.29 is 14.3 Å². The smallest absolute Gasteiger partial charge is 0.413 e. The second-order valence-electron chi connectivity index (χ2n) is 6.75. The van der Waals surface area contributed by atoms with Gasteiger partial charge in [-0.25, -0.2) is 9.78 Å². The maximum Gasteiger partial charge on any atom is 0.413 e. The number of thiazole rings is 1. The van der Waals surface area contributed by atoms with Crippen molar-refractivity contribution in [3.05, 3.63) is 33.0 Å². The van der Waals surface area contributed by atoms with E-state index in [0.717, 1.165) is 42.7 Å². The van der Waals surface area contributed by atoms with Crippen LogP contribution in [0.5, 0.6) is 0 Å². The first-order valence-corrected chi connectivity index (χ1v) is 10.5. The van der Waals surface area contributed by atoms with E-state index in [2.05, 4.69) is 26.5 Å². The molecule has 1 N–H and O–H groups in total. The monoisotopic (exact) mass is 391 g/mol. The summed E-state index contributed by atoms with van der Waals surface area (Å²) in [6, 6.07) is 4.14. The Bertz CT molecular complexity index is 810. The molecule has 1 saturated carbocycles. The van der Waals surface area contributed by atoms with Gasteiger partial charge < -0.3 is 9.64 Å². The Kier molecular flexibility index (Phi) is 4.71. The van der Waals surface area contributed by atoms with Crippen LogP contribution in [0.3, 0.4) is 0 Å². The van der Waals surface area contributed by atoms with Gasteiger partial charge in [-0.2, -0.15) is 0 Å². The number of anilines is 1. The first kappa shape index (κ1) is 17.5. The van der Waals surface area contributed by atoms with Gasteiger partial charge in [0.05, 0.1) is 24.8 Å². The van der Waals surface area contributed by atoms with E-state index in [0.29, 0.717) is 18.2 Å². The second-order valence-corrected chi connectivity index (χ2v) is 8.78. The molecule has 2 amide bonds. The maximum atomic E-state index is 13.5. The molecule has 0 aromatic carbocycles. The van der Waals surface area contributed by atoms with Gasteiger partial charge in [0.15, 0.2) is 5.13 Å². The predicted molar refractivity (Wildman–Crippen MR) is 102 cm³/mol. The topological polar surface area (TPSA) is 71.5 Å². The summed E-state index contributed by atoms with van der Waals surface area (Å²) in [5.74, 6) is 0.249. The number of hydrogen-bond donors (Lipinski definition) is 1. The minimum Gasteiger partial charge on any atom is -0.453 e. The van der Waals surface area contributed by atoms with Gasteiger partial charge in [0.25, 0.3) is 0 Å². The Morgan fingerprint density at radius 3 is 2.85 bits per heavy atom. The van der Waals surface area contributed by atoms with Gasteiger partial charge in [0.1, 0.15) is 0 Å². The zero-order valence-electron chi connectivity index (χ0n) is 14.6. The predicted octanol–water partition coefficient (Wildman–Crippen LogP) is 3.78. The number of hydrogen-bond acceptors (Lipinski definition) is 6. The second kappa shape index (κ2) is 7.00. The SMILES string of the molecule is COC(=O)Nc1nc2c(s1)CN(C(=O)C1(c3cccs3)CCCC1)CC2. The third-order valence-corrected chi connectivity index (χ3v) is 7.34. The summed E-state index contributed by atoms with van der Waals surface area (Å²) in [6.07, 6.45) is 4.29. The fraction of sp³-hybridized carbons (Fsp3) is 0.500. The van der Waals surface area contributed by atoms with E-state index in [1.807, 2.05) is 11.0 Å². The van der Waals surface area contributed by atoms with Gasteiger partial charge in [0, 0.05) is 22.7 Å². The van der Waals surface area contributed by atoms with Gasteiger partial charge in [-0.05, 0) is 24.3 Å². The average Bonchev–Trinajstić information content (AvgIpc) is 3.39. The van der Waals surface area contributed by atoms with Crippen LogP contribution in [0.25, 0.3) is 0 Å². The van der Waals surface area contributed by atoms with E-state index in [9.17, 15) is 9.59 Å². The molecule has 1 fully saturated rings. The highest BCUT2D eigenvalue weighted by atomic mass is 32.1. The molecule has 1 aliphatic heterocycles. The van der Waals surface area contributed by atoms with Crippen LogP contribution in [-0.4, -0.2) is 35.5 Å². The van der Waals surface area contributed by atoms with E-state index < -0.39 is 6.09 Å². The molecule has 26 heavy (non-hydrogen) atoms. The lowest BCUT2D eigenvalue weighted by atomic mass is 9.82. The number of fused-ring (bicyclic) bond motifs is 1. The highest BCUT2D eigenvalue weighted by Crippen LogP contribution is 2.45. The number of nitrogens with zero attached hydrogens (tertiary/aromatic N) is 2. The number of thiophene rings is 1. The molecule has 3 heterocycles. The number of rotatable bonds is 3. The Hall–Kier alpha value is -1.93. The van der Waals surface area contributed by atoms with E-state index >= 15 is 0 Å². The third kappa shape index (κ3) is 3.01. The van der Waals surface area contributed by atoms with Gasteiger partial charge in [-0.15, -0.1) is 11.3 Å². The molecular weight excluding hydrogens is 370 g/mol. The molecule has 0 spiro atoms. The lowest BCUT2D eigenvalue weighted by Gasteiger charge is -2.35. The number of carbonyl (C=O) groups is 2. The van der Waals surface area contributed by atoms with Crippen LogP contribution >= 0.6 is 22.7 Å². The first-order chi connectivity index (χ1) is 12.6. The summed E-state index contributed by atoms with van der Waals surface area (Å²) >= 11 is 3.12. The Balaban J connectivity index is 1.54. The van der Waals surface area contributed by atoms with E-state index in [1.165, 1.54) is 23.3 Å². The Morgan fingerprint density at radius 1 is 1.35 bits per heavy atom. The number of methoxy groups -OCH3 is 1. The minimum absolute atomic E-state index is 0.249. The van der Waals surface area contributed by atoms with Crippen molar-refractivity contribution in [2.45, 2.75) is 44.1 Å². The van der Waals surface area contributed by atoms with Crippen molar-refractivity contribution in [3.63, 3.8) is 0 Å². The van der Waals surface area contributed by atoms with Crippen LogP contribution < -0.4 is 5.32 Å². The van der Waals surface area contributed by atoms with Crippen molar-refractivity contribution in [2.75, 3.05) is 19.0 Å². The molecule has 2 aliphatic rings. The molecule has 1 aliphatic carbocycles. The molecule has 0 radical (unpaired) electrons. The zero-order chi connectivity index (χ0) is 18.1. The quantitative estimate of drug-likeness (QED) is 0.864. The van der Waals surface area contributed by atoms with Crippen LogP contribution in [-0.2, 0) is 27.9 Å². The van der Waals surface area contributed by atoms with E-state index in [-0.39, 0.29) is 11.3 Å². The number of carbonyl (C=O) groups excluding carboxylic acids is 2. The van der Waals surface area contributed by atoms with Crippen LogP contribution in [0.15, 0.2) is 17.5 Å². The van der Waals surface area contributed by atoms with E-state index in [1.54, 1.807) is 11.3 Å². The van der Waals surface area contributed by atoms with Gasteiger partial charge >= 0.3 is 6.09 Å². The van der Waals surface area contributed by atoms with Crippen molar-refractivity contribution in [3.8, 4) is 0 Å². The summed E-state index contributed by atoms with van der Waals surface area (Å²) in [4.78, 5) is 33.6. The molecule has 4 rings (SSSR count). The lowest BCUT2D eigenvalue weighted by molar-refractivity contribution is -0.138. The largest absolute Gasteiger partial charge is 0.453 e. The summed E-state index contributed by atoms with van der Waals surface area (Å²) in [5.41, 5.74) is 0.630. The molecular formula is C18H21N3O3S2. The molecule has 0 saturated heterocycles. The normalized spacial score (nSPS) is 18.4. The molecule has 138 valence electrons. The maximum absolute atomic E-state index is 13.5. The minimum atomic E-state index is -0.522. The Labute approximate surface area is 160 Å². The Morgan fingerprint density at radius 2 is 2.15 bits per heavy atom. The lowest BCUT2D eigenvalue weighted by Crippen LogP contribution is -2.46. The highest BCUT2D eigenvalue weighted by molar-refractivity contribution is 7.15. The van der Waals surface area contributed by atoms with Crippen molar-refractivity contribution in [2.24, 2.45) is 0 Å². The summed E-state index contributed by atoms with van der Waals surface area (Å²) in [7, 11) is 1.33. The van der Waals surface area contributed by atoms with Crippen molar-refractivity contribution in [1.29, 1.82) is 0 Å². The zero-order valence-corrected chi connectivity index (χ0v) is 16.3. The average molecular weight is 392 g/mol. The highest BCUT2D eigenvalue weighted by Gasteiger charge is 2.46. The molecule has 6 nitrogen and oxygen atoms in total. The van der Waals surface area contributed by atoms with Gasteiger partial charge in [0.2, 0.25) is 5.91 Å². The molecule has 0 bridgehead atoms. The van der Waals surface area contributed by atoms with Gasteiger partial charge in [-0.1, -0.05) is 30.2 Å². The van der Waals surface area contributed by atoms with E-state index in [4.69, 9.17) is 0 Å².